The monoisotopic (exact) mass is 286 g/mol. The molecule has 0 aliphatic heterocycles. The number of hydrogen-bond donors (Lipinski definition) is 2. The summed E-state index contributed by atoms with van der Waals surface area (Å²) in [6.45, 7) is 4.02. The Morgan fingerprint density at radius 1 is 1.33 bits per heavy atom. The lowest BCUT2D eigenvalue weighted by molar-refractivity contribution is -0.119. The first-order valence-electron chi connectivity index (χ1n) is 5.54. The first-order valence-corrected chi connectivity index (χ1v) is 6.79. The fraction of sp³-hybridized carbons (Fsp3) is 0.333. The van der Waals surface area contributed by atoms with Crippen molar-refractivity contribution in [1.82, 2.24) is 10.6 Å². The van der Waals surface area contributed by atoms with Crippen LogP contribution in [-0.2, 0) is 4.79 Å². The van der Waals surface area contributed by atoms with Gasteiger partial charge in [-0.05, 0) is 38.1 Å². The maximum atomic E-state index is 11.7. The largest absolute Gasteiger partial charge is 0.338 e. The highest BCUT2D eigenvalue weighted by atomic mass is 35.5. The maximum Gasteiger partial charge on any atom is 0.321 e. The van der Waals surface area contributed by atoms with Crippen LogP contribution in [0.25, 0.3) is 0 Å². The van der Waals surface area contributed by atoms with Gasteiger partial charge in [-0.2, -0.15) is 0 Å². The molecule has 0 aliphatic rings. The summed E-state index contributed by atoms with van der Waals surface area (Å²) in [6.07, 6.45) is 0. The van der Waals surface area contributed by atoms with E-state index in [0.29, 0.717) is 11.6 Å². The van der Waals surface area contributed by atoms with E-state index in [-0.39, 0.29) is 11.2 Å². The van der Waals surface area contributed by atoms with Gasteiger partial charge in [-0.25, -0.2) is 4.79 Å². The molecule has 4 nitrogen and oxygen atoms in total. The fourth-order valence-electron chi connectivity index (χ4n) is 1.19. The Morgan fingerprint density at radius 3 is 2.50 bits per heavy atom. The minimum atomic E-state index is -0.467. The van der Waals surface area contributed by atoms with Gasteiger partial charge in [0.05, 0.1) is 5.25 Å². The average molecular weight is 287 g/mol. The number of thioether (sulfide) groups is 1. The molecule has 0 aliphatic carbocycles. The first-order chi connectivity index (χ1) is 8.52. The molecule has 0 heterocycles. The third-order valence-corrected chi connectivity index (χ3v) is 3.43. The highest BCUT2D eigenvalue weighted by molar-refractivity contribution is 8.00. The quantitative estimate of drug-likeness (QED) is 0.837. The van der Waals surface area contributed by atoms with Crippen LogP contribution in [0.15, 0.2) is 29.2 Å². The van der Waals surface area contributed by atoms with Crippen molar-refractivity contribution in [3.8, 4) is 0 Å². The average Bonchev–Trinajstić information content (AvgIpc) is 2.32. The van der Waals surface area contributed by atoms with E-state index in [4.69, 9.17) is 11.6 Å². The van der Waals surface area contributed by atoms with Crippen molar-refractivity contribution in [3.05, 3.63) is 29.3 Å². The molecule has 0 bridgehead atoms. The summed E-state index contributed by atoms with van der Waals surface area (Å²) in [5.74, 6) is -0.319. The molecule has 0 fully saturated rings. The van der Waals surface area contributed by atoms with Crippen molar-refractivity contribution in [2.24, 2.45) is 0 Å². The number of nitrogens with one attached hydrogen (secondary N) is 2. The van der Waals surface area contributed by atoms with Crippen LogP contribution >= 0.6 is 23.4 Å². The van der Waals surface area contributed by atoms with Gasteiger partial charge in [0, 0.05) is 16.5 Å². The van der Waals surface area contributed by atoms with Crippen LogP contribution in [0.2, 0.25) is 5.02 Å². The molecule has 0 unspecified atom stereocenters. The molecule has 3 amide bonds. The van der Waals surface area contributed by atoms with E-state index in [9.17, 15) is 9.59 Å². The molecular formula is C12H15ClN2O2S. The molecular weight excluding hydrogens is 272 g/mol. The number of carbonyl (C=O) groups is 2. The Labute approximate surface area is 115 Å². The standard InChI is InChI=1S/C12H15ClN2O2S/c1-3-14-12(17)15-11(16)8(2)18-10-6-4-9(13)5-7-10/h4-8H,3H2,1-2H3,(H2,14,15,16,17)/t8-/m0/s1. The third kappa shape index (κ3) is 4.98. The molecule has 1 aromatic carbocycles. The van der Waals surface area contributed by atoms with Crippen LogP contribution in [-0.4, -0.2) is 23.7 Å². The zero-order valence-electron chi connectivity index (χ0n) is 10.2. The van der Waals surface area contributed by atoms with Gasteiger partial charge in [0.2, 0.25) is 5.91 Å². The van der Waals surface area contributed by atoms with E-state index in [1.54, 1.807) is 26.0 Å². The van der Waals surface area contributed by atoms with Crippen molar-refractivity contribution >= 4 is 35.3 Å². The summed E-state index contributed by atoms with van der Waals surface area (Å²) in [5.41, 5.74) is 0. The minimum absolute atomic E-state index is 0.319. The fourth-order valence-corrected chi connectivity index (χ4v) is 2.18. The summed E-state index contributed by atoms with van der Waals surface area (Å²) >= 11 is 7.14. The number of halogens is 1. The van der Waals surface area contributed by atoms with E-state index in [0.717, 1.165) is 4.90 Å². The lowest BCUT2D eigenvalue weighted by atomic mass is 10.4. The second-order valence-corrected chi connectivity index (χ2v) is 5.41. The van der Waals surface area contributed by atoms with Gasteiger partial charge < -0.3 is 5.32 Å². The van der Waals surface area contributed by atoms with Crippen molar-refractivity contribution in [3.63, 3.8) is 0 Å². The van der Waals surface area contributed by atoms with Crippen molar-refractivity contribution < 1.29 is 9.59 Å². The molecule has 1 atom stereocenters. The smallest absolute Gasteiger partial charge is 0.321 e. The predicted molar refractivity (Wildman–Crippen MR) is 74.0 cm³/mol. The molecule has 2 N–H and O–H groups in total. The summed E-state index contributed by atoms with van der Waals surface area (Å²) in [6, 6.07) is 6.73. The van der Waals surface area contributed by atoms with E-state index >= 15 is 0 Å². The SMILES string of the molecule is CCNC(=O)NC(=O)[C@H](C)Sc1ccc(Cl)cc1. The summed E-state index contributed by atoms with van der Waals surface area (Å²) in [5, 5.41) is 5.08. The molecule has 0 saturated heterocycles. The zero-order valence-corrected chi connectivity index (χ0v) is 11.8. The summed E-state index contributed by atoms with van der Waals surface area (Å²) in [7, 11) is 0. The number of imide groups is 1. The van der Waals surface area contributed by atoms with Crippen LogP contribution in [0.4, 0.5) is 4.79 Å². The highest BCUT2D eigenvalue weighted by Gasteiger charge is 2.16. The van der Waals surface area contributed by atoms with Crippen LogP contribution in [0, 0.1) is 0 Å². The van der Waals surface area contributed by atoms with E-state index in [1.807, 2.05) is 12.1 Å². The topological polar surface area (TPSA) is 58.2 Å². The number of carbonyl (C=O) groups excluding carboxylic acids is 2. The minimum Gasteiger partial charge on any atom is -0.338 e. The Morgan fingerprint density at radius 2 is 1.94 bits per heavy atom. The maximum absolute atomic E-state index is 11.7. The Bertz CT molecular complexity index is 423. The van der Waals surface area contributed by atoms with E-state index in [1.165, 1.54) is 11.8 Å². The lowest BCUT2D eigenvalue weighted by Gasteiger charge is -2.11. The van der Waals surface area contributed by atoms with Crippen LogP contribution in [0.1, 0.15) is 13.8 Å². The number of rotatable bonds is 4. The van der Waals surface area contributed by atoms with Crippen LogP contribution in [0.5, 0.6) is 0 Å². The van der Waals surface area contributed by atoms with Gasteiger partial charge in [-0.3, -0.25) is 10.1 Å². The number of benzene rings is 1. The molecule has 0 radical (unpaired) electrons. The van der Waals surface area contributed by atoms with Crippen molar-refractivity contribution in [1.29, 1.82) is 0 Å². The lowest BCUT2D eigenvalue weighted by Crippen LogP contribution is -2.42. The van der Waals surface area contributed by atoms with Gasteiger partial charge in [-0.1, -0.05) is 11.6 Å². The van der Waals surface area contributed by atoms with Crippen LogP contribution in [0.3, 0.4) is 0 Å². The highest BCUT2D eigenvalue weighted by Crippen LogP contribution is 2.24. The van der Waals surface area contributed by atoms with Gasteiger partial charge >= 0.3 is 6.03 Å². The first kappa shape index (κ1) is 14.9. The van der Waals surface area contributed by atoms with Crippen molar-refractivity contribution in [2.75, 3.05) is 6.54 Å². The zero-order chi connectivity index (χ0) is 13.5. The normalized spacial score (nSPS) is 11.7. The Kier molecular flexibility index (Phi) is 6.01. The van der Waals surface area contributed by atoms with E-state index < -0.39 is 6.03 Å². The molecule has 0 saturated carbocycles. The van der Waals surface area contributed by atoms with Gasteiger partial charge in [0.1, 0.15) is 0 Å². The molecule has 1 rings (SSSR count). The molecule has 18 heavy (non-hydrogen) atoms. The van der Waals surface area contributed by atoms with Gasteiger partial charge in [-0.15, -0.1) is 11.8 Å². The second-order valence-electron chi connectivity index (χ2n) is 3.56. The predicted octanol–water partition coefficient (Wildman–Crippen LogP) is 2.67. The molecule has 98 valence electrons. The molecule has 0 aromatic heterocycles. The molecule has 6 heteroatoms. The van der Waals surface area contributed by atoms with Crippen molar-refractivity contribution in [2.45, 2.75) is 24.0 Å². The van der Waals surface area contributed by atoms with E-state index in [2.05, 4.69) is 10.6 Å². The van der Waals surface area contributed by atoms with Gasteiger partial charge in [0.25, 0.3) is 0 Å². The number of hydrogen-bond acceptors (Lipinski definition) is 3. The molecule has 1 aromatic rings. The number of amides is 3. The third-order valence-electron chi connectivity index (χ3n) is 2.07. The van der Waals surface area contributed by atoms with Crippen LogP contribution < -0.4 is 10.6 Å². The van der Waals surface area contributed by atoms with Gasteiger partial charge in [0.15, 0.2) is 0 Å². The summed E-state index contributed by atoms with van der Waals surface area (Å²) in [4.78, 5) is 23.8. The second kappa shape index (κ2) is 7.28. The molecule has 0 spiro atoms. The Balaban J connectivity index is 2.49. The number of urea groups is 1. The summed E-state index contributed by atoms with van der Waals surface area (Å²) < 4.78 is 0. The Hall–Kier alpha value is -1.20.